The first-order chi connectivity index (χ1) is 9.72. The summed E-state index contributed by atoms with van der Waals surface area (Å²) in [6.07, 6.45) is 3.26. The summed E-state index contributed by atoms with van der Waals surface area (Å²) in [7, 11) is 3.44. The van der Waals surface area contributed by atoms with Gasteiger partial charge >= 0.3 is 0 Å². The molecule has 0 bridgehead atoms. The second kappa shape index (κ2) is 5.33. The fourth-order valence-corrected chi connectivity index (χ4v) is 3.31. The molecule has 20 heavy (non-hydrogen) atoms. The van der Waals surface area contributed by atoms with E-state index in [1.54, 1.807) is 14.2 Å². The SMILES string of the molecule is COc1ccc2ccc(OC)c(C3CCC(N)C3)c2c1. The standard InChI is InChI=1S/C17H21NO2/c1-19-14-7-4-11-5-8-16(20-2)17(15(11)10-14)12-3-6-13(18)9-12/h4-5,7-8,10,12-13H,3,6,9,18H2,1-2H3. The molecule has 3 nitrogen and oxygen atoms in total. The number of rotatable bonds is 3. The number of benzene rings is 2. The van der Waals surface area contributed by atoms with Crippen molar-refractivity contribution in [2.75, 3.05) is 14.2 Å². The Kier molecular flexibility index (Phi) is 3.53. The molecule has 106 valence electrons. The highest BCUT2D eigenvalue weighted by Gasteiger charge is 2.27. The van der Waals surface area contributed by atoms with Gasteiger partial charge in [-0.05, 0) is 54.2 Å². The normalized spacial score (nSPS) is 22.1. The molecule has 0 aliphatic heterocycles. The summed E-state index contributed by atoms with van der Waals surface area (Å²) in [6.45, 7) is 0. The van der Waals surface area contributed by atoms with Crippen LogP contribution >= 0.6 is 0 Å². The van der Waals surface area contributed by atoms with Gasteiger partial charge in [-0.1, -0.05) is 12.1 Å². The summed E-state index contributed by atoms with van der Waals surface area (Å²) in [5, 5.41) is 2.45. The van der Waals surface area contributed by atoms with E-state index in [-0.39, 0.29) is 0 Å². The lowest BCUT2D eigenvalue weighted by Gasteiger charge is -2.18. The minimum atomic E-state index is 0.311. The van der Waals surface area contributed by atoms with Gasteiger partial charge < -0.3 is 15.2 Å². The molecule has 2 aromatic rings. The van der Waals surface area contributed by atoms with Crippen molar-refractivity contribution in [1.29, 1.82) is 0 Å². The fourth-order valence-electron chi connectivity index (χ4n) is 3.31. The molecule has 2 atom stereocenters. The summed E-state index contributed by atoms with van der Waals surface area (Å²) < 4.78 is 11.0. The molecule has 1 fully saturated rings. The molecule has 3 rings (SSSR count). The molecule has 0 saturated heterocycles. The Morgan fingerprint density at radius 3 is 2.50 bits per heavy atom. The third-order valence-corrected chi connectivity index (χ3v) is 4.33. The van der Waals surface area contributed by atoms with Crippen LogP contribution in [0.4, 0.5) is 0 Å². The number of methoxy groups -OCH3 is 2. The van der Waals surface area contributed by atoms with E-state index in [0.717, 1.165) is 30.8 Å². The first-order valence-corrected chi connectivity index (χ1v) is 7.13. The highest BCUT2D eigenvalue weighted by Crippen LogP contribution is 2.43. The molecule has 1 aliphatic carbocycles. The van der Waals surface area contributed by atoms with E-state index in [2.05, 4.69) is 24.3 Å². The maximum absolute atomic E-state index is 6.09. The summed E-state index contributed by atoms with van der Waals surface area (Å²) in [6, 6.07) is 10.7. The Morgan fingerprint density at radius 2 is 1.85 bits per heavy atom. The molecule has 2 N–H and O–H groups in total. The quantitative estimate of drug-likeness (QED) is 0.930. The van der Waals surface area contributed by atoms with Gasteiger partial charge in [-0.3, -0.25) is 0 Å². The molecule has 0 aromatic heterocycles. The number of hydrogen-bond acceptors (Lipinski definition) is 3. The van der Waals surface area contributed by atoms with Crippen LogP contribution < -0.4 is 15.2 Å². The fraction of sp³-hybridized carbons (Fsp3) is 0.412. The topological polar surface area (TPSA) is 44.5 Å². The van der Waals surface area contributed by atoms with Gasteiger partial charge in [-0.15, -0.1) is 0 Å². The van der Waals surface area contributed by atoms with Crippen LogP contribution in [0, 0.1) is 0 Å². The van der Waals surface area contributed by atoms with Crippen molar-refractivity contribution in [2.24, 2.45) is 5.73 Å². The van der Waals surface area contributed by atoms with Crippen molar-refractivity contribution >= 4 is 10.8 Å². The number of ether oxygens (including phenoxy) is 2. The first-order valence-electron chi connectivity index (χ1n) is 7.13. The first kappa shape index (κ1) is 13.3. The van der Waals surface area contributed by atoms with Crippen molar-refractivity contribution in [3.8, 4) is 11.5 Å². The smallest absolute Gasteiger partial charge is 0.122 e. The lowest BCUT2D eigenvalue weighted by molar-refractivity contribution is 0.406. The van der Waals surface area contributed by atoms with Crippen molar-refractivity contribution in [2.45, 2.75) is 31.2 Å². The van der Waals surface area contributed by atoms with E-state index in [1.165, 1.54) is 16.3 Å². The average molecular weight is 271 g/mol. The van der Waals surface area contributed by atoms with Gasteiger partial charge in [0.05, 0.1) is 14.2 Å². The van der Waals surface area contributed by atoms with Crippen LogP contribution in [0.15, 0.2) is 30.3 Å². The second-order valence-electron chi connectivity index (χ2n) is 5.54. The monoisotopic (exact) mass is 271 g/mol. The van der Waals surface area contributed by atoms with Crippen LogP contribution in [0.2, 0.25) is 0 Å². The highest BCUT2D eigenvalue weighted by atomic mass is 16.5. The number of nitrogens with two attached hydrogens (primary N) is 1. The van der Waals surface area contributed by atoms with Crippen LogP contribution in [0.1, 0.15) is 30.7 Å². The van der Waals surface area contributed by atoms with E-state index >= 15 is 0 Å². The van der Waals surface area contributed by atoms with Gasteiger partial charge in [0.2, 0.25) is 0 Å². The molecule has 1 saturated carbocycles. The highest BCUT2D eigenvalue weighted by molar-refractivity contribution is 5.89. The second-order valence-corrected chi connectivity index (χ2v) is 5.54. The molecular weight excluding hydrogens is 250 g/mol. The third kappa shape index (κ3) is 2.22. The van der Waals surface area contributed by atoms with Gasteiger partial charge in [-0.25, -0.2) is 0 Å². The van der Waals surface area contributed by atoms with Gasteiger partial charge in [0.15, 0.2) is 0 Å². The average Bonchev–Trinajstić information content (AvgIpc) is 2.91. The summed E-state index contributed by atoms with van der Waals surface area (Å²) in [4.78, 5) is 0. The lowest BCUT2D eigenvalue weighted by Crippen LogP contribution is -2.14. The van der Waals surface area contributed by atoms with Crippen LogP contribution in [0.3, 0.4) is 0 Å². The van der Waals surface area contributed by atoms with Crippen molar-refractivity contribution < 1.29 is 9.47 Å². The van der Waals surface area contributed by atoms with E-state index in [1.807, 2.05) is 6.07 Å². The molecule has 2 aromatic carbocycles. The predicted octanol–water partition coefficient (Wildman–Crippen LogP) is 3.45. The molecule has 3 heteroatoms. The number of fused-ring (bicyclic) bond motifs is 1. The molecule has 1 aliphatic rings. The molecular formula is C17H21NO2. The van der Waals surface area contributed by atoms with Gasteiger partial charge in [0, 0.05) is 11.6 Å². The predicted molar refractivity (Wildman–Crippen MR) is 81.6 cm³/mol. The van der Waals surface area contributed by atoms with Crippen LogP contribution in [0.5, 0.6) is 11.5 Å². The minimum Gasteiger partial charge on any atom is -0.497 e. The largest absolute Gasteiger partial charge is 0.497 e. The van der Waals surface area contributed by atoms with E-state index in [0.29, 0.717) is 12.0 Å². The molecule has 0 heterocycles. The zero-order valence-electron chi connectivity index (χ0n) is 12.1. The Bertz CT molecular complexity index is 618. The van der Waals surface area contributed by atoms with Crippen molar-refractivity contribution in [1.82, 2.24) is 0 Å². The summed E-state index contributed by atoms with van der Waals surface area (Å²) in [5.74, 6) is 2.33. The van der Waals surface area contributed by atoms with Crippen LogP contribution in [0.25, 0.3) is 10.8 Å². The molecule has 2 unspecified atom stereocenters. The zero-order chi connectivity index (χ0) is 14.1. The van der Waals surface area contributed by atoms with Crippen molar-refractivity contribution in [3.05, 3.63) is 35.9 Å². The summed E-state index contributed by atoms with van der Waals surface area (Å²) in [5.41, 5.74) is 7.38. The van der Waals surface area contributed by atoms with Crippen molar-refractivity contribution in [3.63, 3.8) is 0 Å². The van der Waals surface area contributed by atoms with Gasteiger partial charge in [-0.2, -0.15) is 0 Å². The minimum absolute atomic E-state index is 0.311. The van der Waals surface area contributed by atoms with Gasteiger partial charge in [0.25, 0.3) is 0 Å². The maximum atomic E-state index is 6.09. The van der Waals surface area contributed by atoms with E-state index in [9.17, 15) is 0 Å². The Balaban J connectivity index is 2.19. The number of hydrogen-bond donors (Lipinski definition) is 1. The maximum Gasteiger partial charge on any atom is 0.122 e. The molecule has 0 amide bonds. The zero-order valence-corrected chi connectivity index (χ0v) is 12.1. The third-order valence-electron chi connectivity index (χ3n) is 4.33. The van der Waals surface area contributed by atoms with Gasteiger partial charge in [0.1, 0.15) is 11.5 Å². The molecule has 0 radical (unpaired) electrons. The Labute approximate surface area is 119 Å². The van der Waals surface area contributed by atoms with E-state index in [4.69, 9.17) is 15.2 Å². The lowest BCUT2D eigenvalue weighted by atomic mass is 9.91. The van der Waals surface area contributed by atoms with E-state index < -0.39 is 0 Å². The van der Waals surface area contributed by atoms with Crippen LogP contribution in [-0.2, 0) is 0 Å². The Morgan fingerprint density at radius 1 is 1.05 bits per heavy atom. The Hall–Kier alpha value is -1.74. The summed E-state index contributed by atoms with van der Waals surface area (Å²) >= 11 is 0. The molecule has 0 spiro atoms. The van der Waals surface area contributed by atoms with Crippen LogP contribution in [-0.4, -0.2) is 20.3 Å².